The third-order valence-electron chi connectivity index (χ3n) is 4.12. The number of unbranched alkanes of at least 4 members (excludes halogenated alkanes) is 6. The van der Waals surface area contributed by atoms with Gasteiger partial charge in [0.25, 0.3) is 0 Å². The van der Waals surface area contributed by atoms with Gasteiger partial charge in [0.2, 0.25) is 0 Å². The second kappa shape index (κ2) is 13.9. The zero-order chi connectivity index (χ0) is 15.2. The predicted octanol–water partition coefficient (Wildman–Crippen LogP) is 6.13. The van der Waals surface area contributed by atoms with Crippen LogP contribution >= 0.6 is 0 Å². The molecule has 20 heavy (non-hydrogen) atoms. The molecule has 0 rings (SSSR count). The molecule has 0 atom stereocenters. The fourth-order valence-electron chi connectivity index (χ4n) is 2.51. The minimum atomic E-state index is 0.839. The second-order valence-electron chi connectivity index (χ2n) is 7.33. The smallest absolute Gasteiger partial charge is 0.00163 e. The first-order valence-corrected chi connectivity index (χ1v) is 9.28. The quantitative estimate of drug-likeness (QED) is 0.346. The first-order valence-electron chi connectivity index (χ1n) is 9.28. The van der Waals surface area contributed by atoms with E-state index in [2.05, 4.69) is 39.5 Å². The van der Waals surface area contributed by atoms with Crippen LogP contribution in [0.4, 0.5) is 0 Å². The van der Waals surface area contributed by atoms with Gasteiger partial charge in [0, 0.05) is 0 Å². The number of rotatable bonds is 14. The molecule has 0 N–H and O–H groups in total. The van der Waals surface area contributed by atoms with Crippen LogP contribution in [-0.4, -0.2) is 24.5 Å². The predicted molar refractivity (Wildman–Crippen MR) is 93.3 cm³/mol. The Bertz CT molecular complexity index is 174. The summed E-state index contributed by atoms with van der Waals surface area (Å²) in [7, 11) is 0. The maximum atomic E-state index is 2.71. The molecule has 1 heteroatoms. The van der Waals surface area contributed by atoms with E-state index in [0.29, 0.717) is 0 Å². The molecule has 0 saturated heterocycles. The van der Waals surface area contributed by atoms with Gasteiger partial charge < -0.3 is 4.90 Å². The summed E-state index contributed by atoms with van der Waals surface area (Å²) in [5.74, 6) is 1.68. The van der Waals surface area contributed by atoms with Crippen molar-refractivity contribution in [2.75, 3.05) is 19.6 Å². The summed E-state index contributed by atoms with van der Waals surface area (Å²) in [6.07, 6.45) is 12.7. The minimum absolute atomic E-state index is 0.839. The van der Waals surface area contributed by atoms with Crippen molar-refractivity contribution in [3.63, 3.8) is 0 Å². The monoisotopic (exact) mass is 283 g/mol. The van der Waals surface area contributed by atoms with E-state index in [1.807, 2.05) is 0 Å². The van der Waals surface area contributed by atoms with Crippen LogP contribution in [0.2, 0.25) is 0 Å². The van der Waals surface area contributed by atoms with Gasteiger partial charge in [0.1, 0.15) is 0 Å². The van der Waals surface area contributed by atoms with E-state index in [1.54, 1.807) is 0 Å². The SMILES string of the molecule is CCCCCCCCCN(CCC(C)C)CCC(C)C. The molecule has 0 amide bonds. The highest BCUT2D eigenvalue weighted by Crippen LogP contribution is 2.10. The Morgan fingerprint density at radius 2 is 1.05 bits per heavy atom. The lowest BCUT2D eigenvalue weighted by Crippen LogP contribution is -2.28. The standard InChI is InChI=1S/C19H41N/c1-6-7-8-9-10-11-12-15-20(16-13-18(2)3)17-14-19(4)5/h18-19H,6-17H2,1-5H3. The van der Waals surface area contributed by atoms with E-state index < -0.39 is 0 Å². The van der Waals surface area contributed by atoms with Crippen LogP contribution in [0.3, 0.4) is 0 Å². The van der Waals surface area contributed by atoms with Crippen molar-refractivity contribution in [2.24, 2.45) is 11.8 Å². The lowest BCUT2D eigenvalue weighted by Gasteiger charge is -2.24. The van der Waals surface area contributed by atoms with Crippen molar-refractivity contribution in [2.45, 2.75) is 92.4 Å². The summed E-state index contributed by atoms with van der Waals surface area (Å²) < 4.78 is 0. The van der Waals surface area contributed by atoms with E-state index in [-0.39, 0.29) is 0 Å². The third-order valence-corrected chi connectivity index (χ3v) is 4.12. The molecule has 0 spiro atoms. The van der Waals surface area contributed by atoms with Gasteiger partial charge in [0.15, 0.2) is 0 Å². The Morgan fingerprint density at radius 1 is 0.600 bits per heavy atom. The largest absolute Gasteiger partial charge is 0.303 e. The molecule has 1 nitrogen and oxygen atoms in total. The maximum Gasteiger partial charge on any atom is -0.00163 e. The molecule has 0 radical (unpaired) electrons. The van der Waals surface area contributed by atoms with Gasteiger partial charge in [-0.25, -0.2) is 0 Å². The van der Waals surface area contributed by atoms with Crippen molar-refractivity contribution >= 4 is 0 Å². The zero-order valence-electron chi connectivity index (χ0n) is 15.1. The number of hydrogen-bond donors (Lipinski definition) is 0. The van der Waals surface area contributed by atoms with Gasteiger partial charge in [-0.05, 0) is 50.7 Å². The summed E-state index contributed by atoms with van der Waals surface area (Å²) in [6.45, 7) is 15.6. The van der Waals surface area contributed by atoms with Crippen molar-refractivity contribution in [3.8, 4) is 0 Å². The lowest BCUT2D eigenvalue weighted by atomic mass is 10.1. The van der Waals surface area contributed by atoms with Crippen molar-refractivity contribution in [1.29, 1.82) is 0 Å². The van der Waals surface area contributed by atoms with Crippen LogP contribution in [0.15, 0.2) is 0 Å². The maximum absolute atomic E-state index is 2.71. The van der Waals surface area contributed by atoms with Crippen LogP contribution in [0.25, 0.3) is 0 Å². The van der Waals surface area contributed by atoms with Gasteiger partial charge in [-0.3, -0.25) is 0 Å². The van der Waals surface area contributed by atoms with Gasteiger partial charge in [-0.15, -0.1) is 0 Å². The summed E-state index contributed by atoms with van der Waals surface area (Å²) >= 11 is 0. The van der Waals surface area contributed by atoms with E-state index in [4.69, 9.17) is 0 Å². The summed E-state index contributed by atoms with van der Waals surface area (Å²) in [4.78, 5) is 2.71. The van der Waals surface area contributed by atoms with Crippen LogP contribution in [-0.2, 0) is 0 Å². The highest BCUT2D eigenvalue weighted by Gasteiger charge is 2.07. The highest BCUT2D eigenvalue weighted by atomic mass is 15.1. The van der Waals surface area contributed by atoms with E-state index in [0.717, 1.165) is 11.8 Å². The van der Waals surface area contributed by atoms with Crippen LogP contribution in [0.5, 0.6) is 0 Å². The Kier molecular flexibility index (Phi) is 13.9. The Balaban J connectivity index is 3.67. The summed E-state index contributed by atoms with van der Waals surface area (Å²) in [5.41, 5.74) is 0. The van der Waals surface area contributed by atoms with Crippen LogP contribution in [0.1, 0.15) is 92.4 Å². The normalized spacial score (nSPS) is 12.0. The number of hydrogen-bond acceptors (Lipinski definition) is 1. The first kappa shape index (κ1) is 20.0. The molecule has 0 aliphatic heterocycles. The Morgan fingerprint density at radius 3 is 1.50 bits per heavy atom. The van der Waals surface area contributed by atoms with E-state index in [1.165, 1.54) is 77.4 Å². The van der Waals surface area contributed by atoms with Gasteiger partial charge in [0.05, 0.1) is 0 Å². The van der Waals surface area contributed by atoms with Crippen molar-refractivity contribution < 1.29 is 0 Å². The molecule has 0 bridgehead atoms. The first-order chi connectivity index (χ1) is 9.56. The molecular formula is C19H41N. The zero-order valence-corrected chi connectivity index (χ0v) is 15.1. The Labute approximate surface area is 129 Å². The molecule has 0 aromatic rings. The molecule has 0 aliphatic carbocycles. The molecule has 0 fully saturated rings. The van der Waals surface area contributed by atoms with Gasteiger partial charge in [-0.2, -0.15) is 0 Å². The average Bonchev–Trinajstić information content (AvgIpc) is 2.39. The molecular weight excluding hydrogens is 242 g/mol. The highest BCUT2D eigenvalue weighted by molar-refractivity contribution is 4.61. The fraction of sp³-hybridized carbons (Fsp3) is 1.00. The van der Waals surface area contributed by atoms with Crippen molar-refractivity contribution in [3.05, 3.63) is 0 Å². The fourth-order valence-corrected chi connectivity index (χ4v) is 2.51. The summed E-state index contributed by atoms with van der Waals surface area (Å²) in [6, 6.07) is 0. The number of nitrogens with zero attached hydrogens (tertiary/aromatic N) is 1. The second-order valence-corrected chi connectivity index (χ2v) is 7.33. The molecule has 0 aliphatic rings. The average molecular weight is 284 g/mol. The van der Waals surface area contributed by atoms with Crippen molar-refractivity contribution in [1.82, 2.24) is 4.90 Å². The van der Waals surface area contributed by atoms with Gasteiger partial charge in [-0.1, -0.05) is 73.1 Å². The Hall–Kier alpha value is -0.0400. The van der Waals surface area contributed by atoms with Gasteiger partial charge >= 0.3 is 0 Å². The van der Waals surface area contributed by atoms with E-state index in [9.17, 15) is 0 Å². The molecule has 0 heterocycles. The molecule has 0 saturated carbocycles. The molecule has 0 aromatic carbocycles. The summed E-state index contributed by atoms with van der Waals surface area (Å²) in [5, 5.41) is 0. The van der Waals surface area contributed by atoms with E-state index >= 15 is 0 Å². The molecule has 0 unspecified atom stereocenters. The van der Waals surface area contributed by atoms with Crippen LogP contribution in [0, 0.1) is 11.8 Å². The lowest BCUT2D eigenvalue weighted by molar-refractivity contribution is 0.238. The third kappa shape index (κ3) is 14.4. The topological polar surface area (TPSA) is 3.24 Å². The molecule has 0 aromatic heterocycles. The molecule has 122 valence electrons. The van der Waals surface area contributed by atoms with Crippen LogP contribution < -0.4 is 0 Å². The minimum Gasteiger partial charge on any atom is -0.303 e.